The lowest BCUT2D eigenvalue weighted by Crippen LogP contribution is -2.20. The molecule has 8 heteroatoms. The van der Waals surface area contributed by atoms with Gasteiger partial charge in [0.15, 0.2) is 0 Å². The van der Waals surface area contributed by atoms with Crippen LogP contribution in [0.2, 0.25) is 0 Å². The van der Waals surface area contributed by atoms with E-state index in [2.05, 4.69) is 38.7 Å². The van der Waals surface area contributed by atoms with Gasteiger partial charge >= 0.3 is 6.61 Å². The van der Waals surface area contributed by atoms with Gasteiger partial charge in [0.1, 0.15) is 5.75 Å². The van der Waals surface area contributed by atoms with Crippen LogP contribution in [-0.4, -0.2) is 51.7 Å². The van der Waals surface area contributed by atoms with E-state index in [-0.39, 0.29) is 18.2 Å². The van der Waals surface area contributed by atoms with Gasteiger partial charge in [-0.15, -0.1) is 0 Å². The zero-order valence-corrected chi connectivity index (χ0v) is 18.3. The summed E-state index contributed by atoms with van der Waals surface area (Å²) in [6.45, 7) is 0.879. The molecule has 2 aromatic carbocycles. The molecule has 31 heavy (non-hydrogen) atoms. The summed E-state index contributed by atoms with van der Waals surface area (Å²) in [5, 5.41) is 9.02. The standard InChI is InChI=1S/C23H30F2N4O2/c1-5-29(4)15-18(13-26-2)16-10-11-19(22(30)27-3)20(12-16)28-14-17-8-6-7-9-21(17)31-23(24)25/h6-12,15,23,26,28H,5,13-14H2,1-4H3,(H,27,30)/b18-15+. The minimum absolute atomic E-state index is 0.1000. The second kappa shape index (κ2) is 11.9. The van der Waals surface area contributed by atoms with Crippen molar-refractivity contribution in [2.24, 2.45) is 0 Å². The zero-order valence-electron chi connectivity index (χ0n) is 18.3. The molecule has 3 N–H and O–H groups in total. The lowest BCUT2D eigenvalue weighted by molar-refractivity contribution is -0.0504. The monoisotopic (exact) mass is 432 g/mol. The number of para-hydroxylation sites is 1. The van der Waals surface area contributed by atoms with Crippen molar-refractivity contribution in [1.29, 1.82) is 0 Å². The van der Waals surface area contributed by atoms with Gasteiger partial charge in [0.2, 0.25) is 0 Å². The summed E-state index contributed by atoms with van der Waals surface area (Å²) in [5.41, 5.74) is 3.63. The van der Waals surface area contributed by atoms with E-state index in [0.29, 0.717) is 23.4 Å². The van der Waals surface area contributed by atoms with E-state index >= 15 is 0 Å². The molecule has 0 saturated carbocycles. The highest BCUT2D eigenvalue weighted by molar-refractivity contribution is 6.00. The lowest BCUT2D eigenvalue weighted by atomic mass is 10.0. The van der Waals surface area contributed by atoms with Crippen LogP contribution in [0.3, 0.4) is 0 Å². The van der Waals surface area contributed by atoms with E-state index in [9.17, 15) is 13.6 Å². The van der Waals surface area contributed by atoms with Crippen LogP contribution in [0.1, 0.15) is 28.4 Å². The first kappa shape index (κ1) is 24.1. The van der Waals surface area contributed by atoms with Crippen LogP contribution in [0.15, 0.2) is 48.7 Å². The molecule has 0 heterocycles. The van der Waals surface area contributed by atoms with Crippen molar-refractivity contribution >= 4 is 17.2 Å². The summed E-state index contributed by atoms with van der Waals surface area (Å²) in [4.78, 5) is 14.5. The van der Waals surface area contributed by atoms with Crippen molar-refractivity contribution in [3.05, 3.63) is 65.4 Å². The minimum atomic E-state index is -2.91. The summed E-state index contributed by atoms with van der Waals surface area (Å²) in [7, 11) is 5.43. The fourth-order valence-corrected chi connectivity index (χ4v) is 3.04. The van der Waals surface area contributed by atoms with Crippen molar-refractivity contribution in [3.8, 4) is 5.75 Å². The topological polar surface area (TPSA) is 65.6 Å². The highest BCUT2D eigenvalue weighted by atomic mass is 19.3. The molecule has 0 saturated heterocycles. The second-order valence-electron chi connectivity index (χ2n) is 6.94. The molecule has 0 aliphatic carbocycles. The number of nitrogens with one attached hydrogen (secondary N) is 3. The zero-order chi connectivity index (χ0) is 22.8. The van der Waals surface area contributed by atoms with E-state index in [0.717, 1.165) is 17.7 Å². The third kappa shape index (κ3) is 6.96. The molecule has 0 unspecified atom stereocenters. The highest BCUT2D eigenvalue weighted by Gasteiger charge is 2.14. The first-order chi connectivity index (χ1) is 14.9. The predicted octanol–water partition coefficient (Wildman–Crippen LogP) is 3.77. The Morgan fingerprint density at radius 3 is 2.58 bits per heavy atom. The molecule has 0 spiro atoms. The van der Waals surface area contributed by atoms with Gasteiger partial charge in [-0.3, -0.25) is 4.79 Å². The van der Waals surface area contributed by atoms with E-state index < -0.39 is 6.61 Å². The maximum absolute atomic E-state index is 12.7. The van der Waals surface area contributed by atoms with Crippen LogP contribution < -0.4 is 20.7 Å². The van der Waals surface area contributed by atoms with Crippen molar-refractivity contribution in [1.82, 2.24) is 15.5 Å². The van der Waals surface area contributed by atoms with Gasteiger partial charge in [-0.2, -0.15) is 8.78 Å². The van der Waals surface area contributed by atoms with E-state index in [1.165, 1.54) is 6.07 Å². The molecule has 0 aliphatic rings. The average Bonchev–Trinajstić information content (AvgIpc) is 2.77. The molecule has 2 aromatic rings. The number of halogens is 2. The van der Waals surface area contributed by atoms with Crippen molar-refractivity contribution < 1.29 is 18.3 Å². The first-order valence-corrected chi connectivity index (χ1v) is 10.1. The number of likely N-dealkylation sites (N-methyl/N-ethyl adjacent to an activating group) is 1. The predicted molar refractivity (Wildman–Crippen MR) is 120 cm³/mol. The van der Waals surface area contributed by atoms with Crippen LogP contribution in [-0.2, 0) is 6.54 Å². The van der Waals surface area contributed by atoms with Crippen LogP contribution in [0.4, 0.5) is 14.5 Å². The van der Waals surface area contributed by atoms with E-state index in [1.807, 2.05) is 26.2 Å². The van der Waals surface area contributed by atoms with Crippen LogP contribution >= 0.6 is 0 Å². The Morgan fingerprint density at radius 1 is 1.19 bits per heavy atom. The number of benzene rings is 2. The molecule has 1 amide bonds. The summed E-state index contributed by atoms with van der Waals surface area (Å²) < 4.78 is 30.0. The molecule has 2 rings (SSSR count). The minimum Gasteiger partial charge on any atom is -0.434 e. The number of anilines is 1. The second-order valence-corrected chi connectivity index (χ2v) is 6.94. The van der Waals surface area contributed by atoms with E-state index in [1.54, 1.807) is 31.3 Å². The van der Waals surface area contributed by atoms with Gasteiger partial charge in [0.05, 0.1) is 5.56 Å². The summed E-state index contributed by atoms with van der Waals surface area (Å²) in [6.07, 6.45) is 2.06. The molecular formula is C23H30F2N4O2. The van der Waals surface area contributed by atoms with Gasteiger partial charge in [-0.05, 0) is 43.3 Å². The largest absolute Gasteiger partial charge is 0.434 e. The van der Waals surface area contributed by atoms with Crippen LogP contribution in [0.5, 0.6) is 5.75 Å². The molecule has 0 aromatic heterocycles. The number of rotatable bonds is 11. The molecule has 168 valence electrons. The van der Waals surface area contributed by atoms with Crippen molar-refractivity contribution in [3.63, 3.8) is 0 Å². The maximum Gasteiger partial charge on any atom is 0.387 e. The summed E-state index contributed by atoms with van der Waals surface area (Å²) in [6, 6.07) is 12.1. The quantitative estimate of drug-likeness (QED) is 0.505. The maximum atomic E-state index is 12.7. The molecule has 0 fully saturated rings. The number of hydrogen-bond donors (Lipinski definition) is 3. The highest BCUT2D eigenvalue weighted by Crippen LogP contribution is 2.26. The number of ether oxygens (including phenoxy) is 1. The van der Waals surface area contributed by atoms with Gasteiger partial charge in [0, 0.05) is 51.2 Å². The van der Waals surface area contributed by atoms with Crippen molar-refractivity contribution in [2.75, 3.05) is 39.5 Å². The third-order valence-electron chi connectivity index (χ3n) is 4.76. The number of carbonyl (C=O) groups is 1. The Labute approximate surface area is 182 Å². The fraction of sp³-hybridized carbons (Fsp3) is 0.348. The molecule has 0 aliphatic heterocycles. The van der Waals surface area contributed by atoms with Gasteiger partial charge in [0.25, 0.3) is 5.91 Å². The van der Waals surface area contributed by atoms with Crippen LogP contribution in [0, 0.1) is 0 Å². The molecule has 0 bridgehead atoms. The molecule has 0 radical (unpaired) electrons. The number of hydrogen-bond acceptors (Lipinski definition) is 5. The number of alkyl halides is 2. The van der Waals surface area contributed by atoms with Gasteiger partial charge in [-0.1, -0.05) is 24.3 Å². The first-order valence-electron chi connectivity index (χ1n) is 10.1. The molecular weight excluding hydrogens is 402 g/mol. The Morgan fingerprint density at radius 2 is 1.94 bits per heavy atom. The fourth-order valence-electron chi connectivity index (χ4n) is 3.04. The Kier molecular flexibility index (Phi) is 9.27. The smallest absolute Gasteiger partial charge is 0.387 e. The van der Waals surface area contributed by atoms with Gasteiger partial charge < -0.3 is 25.6 Å². The SMILES string of the molecule is CCN(C)/C=C(\CNC)c1ccc(C(=O)NC)c(NCc2ccccc2OC(F)F)c1. The summed E-state index contributed by atoms with van der Waals surface area (Å²) >= 11 is 0. The lowest BCUT2D eigenvalue weighted by Gasteiger charge is -2.18. The molecule has 6 nitrogen and oxygen atoms in total. The third-order valence-corrected chi connectivity index (χ3v) is 4.76. The van der Waals surface area contributed by atoms with Crippen LogP contribution in [0.25, 0.3) is 5.57 Å². The average molecular weight is 433 g/mol. The van der Waals surface area contributed by atoms with E-state index in [4.69, 9.17) is 0 Å². The number of carbonyl (C=O) groups excluding carboxylic acids is 1. The normalized spacial score (nSPS) is 11.4. The van der Waals surface area contributed by atoms with Gasteiger partial charge in [-0.25, -0.2) is 0 Å². The Balaban J connectivity index is 2.39. The molecule has 0 atom stereocenters. The Hall–Kier alpha value is -3.13. The number of amides is 1. The van der Waals surface area contributed by atoms with Crippen molar-refractivity contribution in [2.45, 2.75) is 20.1 Å². The summed E-state index contributed by atoms with van der Waals surface area (Å²) in [5.74, 6) is -0.140. The Bertz CT molecular complexity index is 903. The number of nitrogens with zero attached hydrogens (tertiary/aromatic N) is 1.